The molecule has 0 spiro atoms. The summed E-state index contributed by atoms with van der Waals surface area (Å²) in [5.41, 5.74) is -1.54. The molecule has 2 bridgehead atoms. The van der Waals surface area contributed by atoms with E-state index in [4.69, 9.17) is 32.2 Å². The highest BCUT2D eigenvalue weighted by Gasteiger charge is 2.78. The summed E-state index contributed by atoms with van der Waals surface area (Å²) in [4.78, 5) is 14.8. The van der Waals surface area contributed by atoms with Gasteiger partial charge in [0, 0.05) is 29.6 Å². The Morgan fingerprint density at radius 1 is 0.946 bits per heavy atom. The minimum Gasteiger partial charge on any atom is -0.455 e. The minimum absolute atomic E-state index is 0.108. The first-order valence-corrected chi connectivity index (χ1v) is 29.0. The van der Waals surface area contributed by atoms with E-state index in [9.17, 15) is 9.90 Å². The Hall–Kier alpha value is -1.46. The summed E-state index contributed by atoms with van der Waals surface area (Å²) in [5, 5.41) is 13.4. The van der Waals surface area contributed by atoms with Crippen LogP contribution in [0, 0.1) is 16.7 Å². The van der Waals surface area contributed by atoms with E-state index < -0.39 is 90.3 Å². The molecule has 0 amide bonds. The minimum atomic E-state index is -2.27. The van der Waals surface area contributed by atoms with Gasteiger partial charge in [0.15, 0.2) is 22.9 Å². The molecule has 1 aromatic rings. The fourth-order valence-electron chi connectivity index (χ4n) is 11.7. The van der Waals surface area contributed by atoms with Crippen LogP contribution in [0.25, 0.3) is 0 Å². The lowest BCUT2D eigenvalue weighted by atomic mass is 9.44. The van der Waals surface area contributed by atoms with Crippen molar-refractivity contribution in [2.24, 2.45) is 16.7 Å². The van der Waals surface area contributed by atoms with Crippen LogP contribution in [0.4, 0.5) is 0 Å². The summed E-state index contributed by atoms with van der Waals surface area (Å²) in [6.07, 6.45) is -1.28. The highest BCUT2D eigenvalue weighted by Crippen LogP contribution is 2.68. The molecule has 1 N–H and O–H groups in total. The molecule has 11 atom stereocenters. The van der Waals surface area contributed by atoms with Crippen molar-refractivity contribution < 1.29 is 42.1 Å². The average molecular weight is 828 g/mol. The van der Waals surface area contributed by atoms with Gasteiger partial charge in [-0.25, -0.2) is 4.79 Å². The maximum atomic E-state index is 14.8. The number of carbonyl (C=O) groups excluding carboxylic acids is 1. The molecule has 2 saturated heterocycles. The molecule has 6 rings (SSSR count). The van der Waals surface area contributed by atoms with Crippen molar-refractivity contribution in [2.45, 2.75) is 186 Å². The molecule has 1 radical (unpaired) electrons. The van der Waals surface area contributed by atoms with Crippen LogP contribution in [0.3, 0.4) is 0 Å². The summed E-state index contributed by atoms with van der Waals surface area (Å²) in [5.74, 6) is -1.17. The predicted molar refractivity (Wildman–Crippen MR) is 227 cm³/mol. The van der Waals surface area contributed by atoms with Crippen LogP contribution in [0.15, 0.2) is 54.1 Å². The van der Waals surface area contributed by atoms with Crippen molar-refractivity contribution in [1.82, 2.24) is 0 Å². The monoisotopic (exact) mass is 827 g/mol. The number of aliphatic hydroxyl groups is 1. The first kappa shape index (κ1) is 44.1. The van der Waals surface area contributed by atoms with E-state index in [2.05, 4.69) is 88.9 Å². The van der Waals surface area contributed by atoms with Gasteiger partial charge in [-0.05, 0) is 85.6 Å². The van der Waals surface area contributed by atoms with Gasteiger partial charge in [-0.3, -0.25) is 0 Å². The van der Waals surface area contributed by atoms with Gasteiger partial charge in [0.25, 0.3) is 0 Å². The number of carbonyl (C=O) groups is 1. The van der Waals surface area contributed by atoms with Gasteiger partial charge < -0.3 is 37.3 Å². The molecule has 9 nitrogen and oxygen atoms in total. The molecular formula is C44H71O9Si3. The second kappa shape index (κ2) is 16.2. The van der Waals surface area contributed by atoms with Crippen molar-refractivity contribution >= 4 is 31.6 Å². The van der Waals surface area contributed by atoms with Crippen molar-refractivity contribution in [3.8, 4) is 0 Å². The molecule has 0 aromatic heterocycles. The number of rotatable bonds is 15. The number of benzene rings is 1. The lowest BCUT2D eigenvalue weighted by Gasteiger charge is -2.70. The number of hydrogen-bond donors (Lipinski definition) is 1. The summed E-state index contributed by atoms with van der Waals surface area (Å²) >= 11 is 0. The molecule has 56 heavy (non-hydrogen) atoms. The van der Waals surface area contributed by atoms with Crippen LogP contribution < -0.4 is 0 Å². The molecule has 2 aliphatic heterocycles. The van der Waals surface area contributed by atoms with Gasteiger partial charge in [-0.1, -0.05) is 87.1 Å². The third-order valence-corrected chi connectivity index (χ3v) is 25.6. The second-order valence-corrected chi connectivity index (χ2v) is 29.8. The second-order valence-electron chi connectivity index (χ2n) is 18.3. The zero-order chi connectivity index (χ0) is 41.1. The molecular weight excluding hydrogens is 757 g/mol. The van der Waals surface area contributed by atoms with Crippen LogP contribution >= 0.6 is 0 Å². The van der Waals surface area contributed by atoms with Crippen LogP contribution in [-0.2, 0) is 32.2 Å². The first-order chi connectivity index (χ1) is 26.5. The smallest absolute Gasteiger partial charge is 0.338 e. The fraction of sp³-hybridized carbons (Fsp3) is 0.750. The number of esters is 1. The SMILES string of the molecule is C=CC1O[C@@H]2C3=C(C)[C@@H](O[Si](CC)(CC)CC)C[C@@](O[Si](C)C)([C@@H](OC(=O)c4ccccc4)[C@@H]4[C@]5(O)CO[C@@H]5C[C@H](O[Si](CC)(CC)CC)[C@@]4(C)[C@@H]2O1)C3(C)C. The Kier molecular flexibility index (Phi) is 12.8. The van der Waals surface area contributed by atoms with Crippen LogP contribution in [0.2, 0.25) is 49.4 Å². The van der Waals surface area contributed by atoms with Gasteiger partial charge in [0.1, 0.15) is 23.4 Å². The molecule has 12 heteroatoms. The first-order valence-electron chi connectivity index (χ1n) is 21.5. The van der Waals surface area contributed by atoms with Gasteiger partial charge in [-0.15, -0.1) is 0 Å². The molecule has 1 aromatic carbocycles. The van der Waals surface area contributed by atoms with E-state index in [0.29, 0.717) is 18.4 Å². The third kappa shape index (κ3) is 6.77. The quantitative estimate of drug-likeness (QED) is 0.105. The number of fused-ring (bicyclic) bond motifs is 8. The predicted octanol–water partition coefficient (Wildman–Crippen LogP) is 9.21. The lowest BCUT2D eigenvalue weighted by molar-refractivity contribution is -0.357. The Labute approximate surface area is 341 Å². The largest absolute Gasteiger partial charge is 0.455 e. The number of hydrogen-bond acceptors (Lipinski definition) is 9. The van der Waals surface area contributed by atoms with Crippen LogP contribution in [0.5, 0.6) is 0 Å². The van der Waals surface area contributed by atoms with Crippen molar-refractivity contribution in [3.63, 3.8) is 0 Å². The van der Waals surface area contributed by atoms with Gasteiger partial charge >= 0.3 is 5.97 Å². The van der Waals surface area contributed by atoms with E-state index in [1.165, 1.54) is 0 Å². The highest BCUT2D eigenvalue weighted by molar-refractivity contribution is 6.74. The van der Waals surface area contributed by atoms with Gasteiger partial charge in [0.05, 0.1) is 36.6 Å². The summed E-state index contributed by atoms with van der Waals surface area (Å²) in [6.45, 7) is 30.9. The van der Waals surface area contributed by atoms with Crippen molar-refractivity contribution in [1.29, 1.82) is 0 Å². The zero-order valence-electron chi connectivity index (χ0n) is 36.4. The lowest BCUT2D eigenvalue weighted by Crippen LogP contribution is -2.82. The Bertz CT molecular complexity index is 1590. The van der Waals surface area contributed by atoms with E-state index in [-0.39, 0.29) is 18.8 Å². The van der Waals surface area contributed by atoms with Crippen molar-refractivity contribution in [2.75, 3.05) is 6.61 Å². The Morgan fingerprint density at radius 3 is 2.05 bits per heavy atom. The van der Waals surface area contributed by atoms with Gasteiger partial charge in [0.2, 0.25) is 9.04 Å². The van der Waals surface area contributed by atoms with Crippen molar-refractivity contribution in [3.05, 3.63) is 59.7 Å². The molecule has 1 unspecified atom stereocenters. The summed E-state index contributed by atoms with van der Waals surface area (Å²) < 4.78 is 50.5. The molecule has 5 aliphatic rings. The maximum Gasteiger partial charge on any atom is 0.338 e. The Balaban J connectivity index is 1.72. The van der Waals surface area contributed by atoms with Crippen LogP contribution in [0.1, 0.15) is 92.4 Å². The highest BCUT2D eigenvalue weighted by atomic mass is 28.4. The van der Waals surface area contributed by atoms with E-state index in [0.717, 1.165) is 47.4 Å². The fourth-order valence-corrected chi connectivity index (χ4v) is 18.7. The zero-order valence-corrected chi connectivity index (χ0v) is 39.4. The molecule has 3 aliphatic carbocycles. The molecule has 2 saturated carbocycles. The summed E-state index contributed by atoms with van der Waals surface area (Å²) in [7, 11) is -5.94. The molecule has 2 heterocycles. The van der Waals surface area contributed by atoms with E-state index in [1.54, 1.807) is 18.2 Å². The van der Waals surface area contributed by atoms with E-state index in [1.807, 2.05) is 18.2 Å². The van der Waals surface area contributed by atoms with Gasteiger partial charge in [-0.2, -0.15) is 0 Å². The topological polar surface area (TPSA) is 102 Å². The standard InChI is InChI=1S/C44H71O9Si3/c1-14-34-48-36-35-29(8)31(51-55(15-2,16-3)17-4)27-44(41(35,9)10,53-54(12)13)39(50-40(45)30-24-22-21-23-25-30)37-42(11,38(36)49-34)32(26-33-43(37,46)28-47-33)52-56(18-5,19-6)20-7/h14,21-25,31-34,36-39,46H,1,15-20,26-28H2,2-13H3/t31-,32-,33+,34?,36+,37-,38+,39-,42+,43-,44+/m0/s1. The molecule has 4 fully saturated rings. The maximum absolute atomic E-state index is 14.8. The molecule has 313 valence electrons. The Morgan fingerprint density at radius 2 is 1.54 bits per heavy atom. The average Bonchev–Trinajstić information content (AvgIpc) is 3.62. The number of ether oxygens (including phenoxy) is 4. The van der Waals surface area contributed by atoms with Crippen LogP contribution in [-0.4, -0.2) is 97.5 Å². The van der Waals surface area contributed by atoms with E-state index >= 15 is 0 Å². The summed E-state index contributed by atoms with van der Waals surface area (Å²) in [6, 6.07) is 15.0. The normalized spacial score (nSPS) is 37.8. The third-order valence-electron chi connectivity index (χ3n) is 15.5.